The molecule has 144 valence electrons. The van der Waals surface area contributed by atoms with Crippen LogP contribution in [-0.2, 0) is 16.1 Å². The average Bonchev–Trinajstić information content (AvgIpc) is 3.18. The number of furan rings is 1. The summed E-state index contributed by atoms with van der Waals surface area (Å²) in [4.78, 5) is 24.0. The van der Waals surface area contributed by atoms with Crippen molar-refractivity contribution in [3.8, 4) is 5.75 Å². The van der Waals surface area contributed by atoms with Crippen molar-refractivity contribution in [2.24, 2.45) is 0 Å². The maximum atomic E-state index is 12.1. The van der Waals surface area contributed by atoms with E-state index in [-0.39, 0.29) is 12.4 Å². The monoisotopic (exact) mass is 399 g/mol. The number of hydrogen-bond donors (Lipinski definition) is 1. The molecule has 7 heteroatoms. The highest BCUT2D eigenvalue weighted by molar-refractivity contribution is 6.31. The molecule has 2 aromatic carbocycles. The Bertz CT molecular complexity index is 968. The molecule has 0 radical (unpaired) electrons. The number of para-hydroxylation sites is 1. The number of halogens is 1. The van der Waals surface area contributed by atoms with Gasteiger partial charge in [-0.05, 0) is 48.9 Å². The number of anilines is 1. The van der Waals surface area contributed by atoms with E-state index in [4.69, 9.17) is 25.5 Å². The minimum atomic E-state index is -0.732. The molecule has 0 aliphatic carbocycles. The fourth-order valence-electron chi connectivity index (χ4n) is 2.37. The fourth-order valence-corrected chi connectivity index (χ4v) is 2.54. The quantitative estimate of drug-likeness (QED) is 0.587. The largest absolute Gasteiger partial charge is 0.486 e. The Morgan fingerprint density at radius 2 is 1.82 bits per heavy atom. The van der Waals surface area contributed by atoms with Crippen LogP contribution in [0.3, 0.4) is 0 Å². The zero-order valence-electron chi connectivity index (χ0n) is 15.1. The van der Waals surface area contributed by atoms with Crippen molar-refractivity contribution in [3.05, 3.63) is 82.8 Å². The van der Waals surface area contributed by atoms with Gasteiger partial charge in [-0.25, -0.2) is 4.79 Å². The summed E-state index contributed by atoms with van der Waals surface area (Å²) in [5.41, 5.74) is 1.30. The fraction of sp³-hybridized carbons (Fsp3) is 0.143. The van der Waals surface area contributed by atoms with Crippen LogP contribution >= 0.6 is 11.6 Å². The summed E-state index contributed by atoms with van der Waals surface area (Å²) in [5, 5.41) is 3.19. The van der Waals surface area contributed by atoms with Crippen LogP contribution in [0, 0.1) is 6.92 Å². The number of ether oxygens (including phenoxy) is 2. The topological polar surface area (TPSA) is 77.8 Å². The highest BCUT2D eigenvalue weighted by atomic mass is 35.5. The van der Waals surface area contributed by atoms with Crippen molar-refractivity contribution < 1.29 is 23.5 Å². The molecule has 0 bridgehead atoms. The number of nitrogens with one attached hydrogen (secondary N) is 1. The van der Waals surface area contributed by atoms with Crippen LogP contribution in [0.4, 0.5) is 5.69 Å². The Morgan fingerprint density at radius 1 is 1.04 bits per heavy atom. The summed E-state index contributed by atoms with van der Waals surface area (Å²) in [5.74, 6) is -0.0500. The lowest BCUT2D eigenvalue weighted by atomic mass is 10.2. The third-order valence-corrected chi connectivity index (χ3v) is 4.27. The van der Waals surface area contributed by atoms with Gasteiger partial charge in [-0.2, -0.15) is 0 Å². The summed E-state index contributed by atoms with van der Waals surface area (Å²) in [7, 11) is 0. The molecule has 1 heterocycles. The van der Waals surface area contributed by atoms with Gasteiger partial charge in [0.25, 0.3) is 5.91 Å². The molecule has 3 aromatic rings. The van der Waals surface area contributed by atoms with Crippen LogP contribution in [0.2, 0.25) is 5.02 Å². The van der Waals surface area contributed by atoms with E-state index in [2.05, 4.69) is 5.32 Å². The number of benzene rings is 2. The van der Waals surface area contributed by atoms with Crippen LogP contribution < -0.4 is 10.1 Å². The first kappa shape index (κ1) is 19.5. The second kappa shape index (κ2) is 9.10. The van der Waals surface area contributed by atoms with Gasteiger partial charge in [-0.1, -0.05) is 35.9 Å². The lowest BCUT2D eigenvalue weighted by Crippen LogP contribution is -2.21. The molecule has 0 saturated carbocycles. The smallest absolute Gasteiger partial charge is 0.374 e. The van der Waals surface area contributed by atoms with Gasteiger partial charge in [0.05, 0.1) is 0 Å². The van der Waals surface area contributed by atoms with Gasteiger partial charge in [0, 0.05) is 10.7 Å². The number of carbonyl (C=O) groups excluding carboxylic acids is 2. The minimum Gasteiger partial charge on any atom is -0.486 e. The molecule has 0 aliphatic heterocycles. The van der Waals surface area contributed by atoms with Gasteiger partial charge in [0.1, 0.15) is 18.1 Å². The Hall–Kier alpha value is -3.25. The van der Waals surface area contributed by atoms with E-state index in [1.54, 1.807) is 31.2 Å². The van der Waals surface area contributed by atoms with Gasteiger partial charge in [0.15, 0.2) is 6.61 Å². The average molecular weight is 400 g/mol. The molecular weight excluding hydrogens is 382 g/mol. The molecular formula is C21H18ClNO5. The first-order chi connectivity index (χ1) is 13.5. The number of carbonyl (C=O) groups is 2. The third kappa shape index (κ3) is 5.14. The lowest BCUT2D eigenvalue weighted by Gasteiger charge is -2.09. The van der Waals surface area contributed by atoms with E-state index >= 15 is 0 Å². The SMILES string of the molecule is Cc1c(Cl)cccc1NC(=O)COC(=O)c1ccc(COc2ccccc2)o1. The highest BCUT2D eigenvalue weighted by Gasteiger charge is 2.15. The Kier molecular flexibility index (Phi) is 6.34. The van der Waals surface area contributed by atoms with Gasteiger partial charge in [0.2, 0.25) is 5.76 Å². The Morgan fingerprint density at radius 3 is 2.61 bits per heavy atom. The number of amides is 1. The predicted octanol–water partition coefficient (Wildman–Crippen LogP) is 4.62. The van der Waals surface area contributed by atoms with E-state index in [1.807, 2.05) is 30.3 Å². The number of esters is 1. The van der Waals surface area contributed by atoms with Crippen molar-refractivity contribution in [3.63, 3.8) is 0 Å². The molecule has 0 aliphatic rings. The molecule has 1 N–H and O–H groups in total. The van der Waals surface area contributed by atoms with Gasteiger partial charge in [-0.15, -0.1) is 0 Å². The van der Waals surface area contributed by atoms with Gasteiger partial charge >= 0.3 is 5.97 Å². The van der Waals surface area contributed by atoms with Gasteiger partial charge in [-0.3, -0.25) is 4.79 Å². The molecule has 0 spiro atoms. The predicted molar refractivity (Wildman–Crippen MR) is 105 cm³/mol. The maximum Gasteiger partial charge on any atom is 0.374 e. The normalized spacial score (nSPS) is 10.4. The van der Waals surface area contributed by atoms with Crippen molar-refractivity contribution >= 4 is 29.2 Å². The van der Waals surface area contributed by atoms with Crippen molar-refractivity contribution in [2.75, 3.05) is 11.9 Å². The van der Waals surface area contributed by atoms with E-state index in [0.717, 1.165) is 5.56 Å². The highest BCUT2D eigenvalue weighted by Crippen LogP contribution is 2.22. The molecule has 0 saturated heterocycles. The summed E-state index contributed by atoms with van der Waals surface area (Å²) in [6.07, 6.45) is 0. The first-order valence-electron chi connectivity index (χ1n) is 8.51. The van der Waals surface area contributed by atoms with E-state index in [1.165, 1.54) is 6.07 Å². The summed E-state index contributed by atoms with van der Waals surface area (Å²) in [6.45, 7) is 1.51. The summed E-state index contributed by atoms with van der Waals surface area (Å²) < 4.78 is 15.9. The van der Waals surface area contributed by atoms with Crippen LogP contribution in [0.1, 0.15) is 21.9 Å². The molecule has 28 heavy (non-hydrogen) atoms. The molecule has 1 amide bonds. The second-order valence-electron chi connectivity index (χ2n) is 5.90. The summed E-state index contributed by atoms with van der Waals surface area (Å²) in [6, 6.07) is 17.5. The van der Waals surface area contributed by atoms with E-state index in [9.17, 15) is 9.59 Å². The van der Waals surface area contributed by atoms with E-state index < -0.39 is 18.5 Å². The molecule has 6 nitrogen and oxygen atoms in total. The van der Waals surface area contributed by atoms with Crippen LogP contribution in [0.15, 0.2) is 65.1 Å². The zero-order chi connectivity index (χ0) is 19.9. The second-order valence-corrected chi connectivity index (χ2v) is 6.31. The standard InChI is InChI=1S/C21H18ClNO5/c1-14-17(22)8-5-9-18(14)23-20(24)13-27-21(25)19-11-10-16(28-19)12-26-15-6-3-2-4-7-15/h2-11H,12-13H2,1H3,(H,23,24). The third-order valence-electron chi connectivity index (χ3n) is 3.86. The van der Waals surface area contributed by atoms with Crippen molar-refractivity contribution in [1.82, 2.24) is 0 Å². The molecule has 3 rings (SSSR count). The lowest BCUT2D eigenvalue weighted by molar-refractivity contribution is -0.119. The number of hydrogen-bond acceptors (Lipinski definition) is 5. The Labute approximate surface area is 167 Å². The van der Waals surface area contributed by atoms with Crippen molar-refractivity contribution in [2.45, 2.75) is 13.5 Å². The number of rotatable bonds is 7. The van der Waals surface area contributed by atoms with Crippen molar-refractivity contribution in [1.29, 1.82) is 0 Å². The molecule has 1 aromatic heterocycles. The molecule has 0 fully saturated rings. The van der Waals surface area contributed by atoms with E-state index in [0.29, 0.717) is 22.2 Å². The van der Waals surface area contributed by atoms with Crippen LogP contribution in [0.25, 0.3) is 0 Å². The minimum absolute atomic E-state index is 0.00148. The molecule has 0 atom stereocenters. The van der Waals surface area contributed by atoms with Crippen LogP contribution in [0.5, 0.6) is 5.75 Å². The maximum absolute atomic E-state index is 12.1. The van der Waals surface area contributed by atoms with Crippen LogP contribution in [-0.4, -0.2) is 18.5 Å². The van der Waals surface area contributed by atoms with Gasteiger partial charge < -0.3 is 19.2 Å². The molecule has 0 unspecified atom stereocenters. The first-order valence-corrected chi connectivity index (χ1v) is 8.89. The Balaban J connectivity index is 1.49. The zero-order valence-corrected chi connectivity index (χ0v) is 15.9. The summed E-state index contributed by atoms with van der Waals surface area (Å²) >= 11 is 6.01.